The Morgan fingerprint density at radius 2 is 1.43 bits per heavy atom. The third kappa shape index (κ3) is 28.7. The number of ketones is 1. The van der Waals surface area contributed by atoms with Crippen LogP contribution in [-0.2, 0) is 37.5 Å². The van der Waals surface area contributed by atoms with Crippen molar-refractivity contribution in [3.63, 3.8) is 0 Å². The van der Waals surface area contributed by atoms with Crippen LogP contribution in [-0.4, -0.2) is 77.5 Å². The highest BCUT2D eigenvalue weighted by atomic mass is 31.2. The summed E-state index contributed by atoms with van der Waals surface area (Å²) < 4.78 is 32.7. The van der Waals surface area contributed by atoms with Crippen molar-refractivity contribution in [2.75, 3.05) is 26.4 Å². The minimum Gasteiger partial charge on any atom is -0.462 e. The number of aliphatic hydroxyl groups excluding tert-OH is 2. The van der Waals surface area contributed by atoms with Gasteiger partial charge >= 0.3 is 19.8 Å². The van der Waals surface area contributed by atoms with E-state index in [2.05, 4.69) is 62.5 Å². The van der Waals surface area contributed by atoms with Crippen molar-refractivity contribution >= 4 is 25.5 Å². The van der Waals surface area contributed by atoms with Crippen LogP contribution in [0.5, 0.6) is 0 Å². The fourth-order valence-corrected chi connectivity index (χ4v) is 7.29. The van der Waals surface area contributed by atoms with Gasteiger partial charge in [-0.05, 0) is 70.1 Å². The molecule has 332 valence electrons. The SMILES string of the molecule is CC/C=C\C/C=C\C/C=C\C/C=C\CCCCCCC(=O)O[C@H](COC(=O)CCCCCC[C@H]1[C@@H](O)CC(=O)[C@@H]1/C=C/[C@@H](O)CCCCC)COP(=O)(O)OCCN. The highest BCUT2D eigenvalue weighted by Gasteiger charge is 2.39. The number of rotatable bonds is 36. The summed E-state index contributed by atoms with van der Waals surface area (Å²) in [5.41, 5.74) is 5.34. The third-order valence-corrected chi connectivity index (χ3v) is 10.8. The Morgan fingerprint density at radius 1 is 0.810 bits per heavy atom. The molecule has 0 spiro atoms. The maximum atomic E-state index is 12.6. The van der Waals surface area contributed by atoms with Gasteiger partial charge in [-0.3, -0.25) is 23.4 Å². The first kappa shape index (κ1) is 53.3. The molecule has 58 heavy (non-hydrogen) atoms. The first-order valence-corrected chi connectivity index (χ1v) is 23.4. The smallest absolute Gasteiger partial charge is 0.462 e. The van der Waals surface area contributed by atoms with Crippen LogP contribution in [0, 0.1) is 11.8 Å². The average Bonchev–Trinajstić information content (AvgIpc) is 3.47. The van der Waals surface area contributed by atoms with Gasteiger partial charge in [0.15, 0.2) is 6.10 Å². The maximum absolute atomic E-state index is 12.6. The van der Waals surface area contributed by atoms with Crippen LogP contribution in [0.1, 0.15) is 149 Å². The predicted octanol–water partition coefficient (Wildman–Crippen LogP) is 9.08. The zero-order valence-corrected chi connectivity index (χ0v) is 36.4. The van der Waals surface area contributed by atoms with Gasteiger partial charge in [0, 0.05) is 31.7 Å². The largest absolute Gasteiger partial charge is 0.472 e. The Balaban J connectivity index is 2.39. The molecule has 12 nitrogen and oxygen atoms in total. The van der Waals surface area contributed by atoms with E-state index >= 15 is 0 Å². The topological polar surface area (TPSA) is 192 Å². The lowest BCUT2D eigenvalue weighted by molar-refractivity contribution is -0.161. The molecule has 1 fully saturated rings. The van der Waals surface area contributed by atoms with Crippen molar-refractivity contribution < 1.29 is 52.6 Å². The van der Waals surface area contributed by atoms with Crippen molar-refractivity contribution in [1.82, 2.24) is 0 Å². The lowest BCUT2D eigenvalue weighted by atomic mass is 9.88. The first-order valence-electron chi connectivity index (χ1n) is 21.9. The summed E-state index contributed by atoms with van der Waals surface area (Å²) in [6.45, 7) is 3.20. The van der Waals surface area contributed by atoms with Crippen LogP contribution >= 0.6 is 7.82 Å². The normalized spacial score (nSPS) is 19.6. The van der Waals surface area contributed by atoms with E-state index < -0.39 is 50.6 Å². The van der Waals surface area contributed by atoms with Crippen molar-refractivity contribution in [2.45, 2.75) is 167 Å². The summed E-state index contributed by atoms with van der Waals surface area (Å²) in [4.78, 5) is 47.6. The molecule has 0 saturated heterocycles. The lowest BCUT2D eigenvalue weighted by Crippen LogP contribution is -2.29. The summed E-state index contributed by atoms with van der Waals surface area (Å²) in [6.07, 6.45) is 34.4. The van der Waals surface area contributed by atoms with Gasteiger partial charge in [-0.1, -0.05) is 126 Å². The Labute approximate surface area is 349 Å². The van der Waals surface area contributed by atoms with Gasteiger partial charge in [0.25, 0.3) is 0 Å². The molecular weight excluding hydrogens is 761 g/mol. The van der Waals surface area contributed by atoms with Crippen molar-refractivity contribution in [2.24, 2.45) is 17.6 Å². The van der Waals surface area contributed by atoms with E-state index in [0.717, 1.165) is 89.9 Å². The molecule has 0 aromatic heterocycles. The number of carbonyl (C=O) groups is 3. The standard InChI is InChI=1S/C45H76NO11P/c1-3-5-7-8-9-10-11-12-13-14-15-16-17-18-19-20-26-30-45(51)57-39(37-56-58(52,53)55-34-33-46)36-54-44(50)29-25-22-21-24-28-40-41(43(49)35-42(40)48)32-31-38(47)27-23-6-4-2/h5,7,9-10,12-13,15-16,31-32,38-42,47-48H,3-4,6,8,11,14,17-30,33-37,46H2,1-2H3,(H,52,53)/b7-5-,10-9-,13-12-,16-15-,32-31+/t38-,39+,40+,41+,42-/m0/s1. The molecule has 1 rings (SSSR count). The number of carbonyl (C=O) groups excluding carboxylic acids is 3. The quantitative estimate of drug-likeness (QED) is 0.0203. The van der Waals surface area contributed by atoms with E-state index in [1.54, 1.807) is 12.2 Å². The van der Waals surface area contributed by atoms with Crippen molar-refractivity contribution in [1.29, 1.82) is 0 Å². The minimum absolute atomic E-state index is 0.000660. The summed E-state index contributed by atoms with van der Waals surface area (Å²) in [7, 11) is -4.45. The van der Waals surface area contributed by atoms with Gasteiger partial charge in [-0.25, -0.2) is 4.57 Å². The Bertz CT molecular complexity index is 1300. The molecular formula is C45H76NO11P. The minimum atomic E-state index is -4.45. The number of nitrogens with two attached hydrogens (primary N) is 1. The molecule has 1 aliphatic carbocycles. The lowest BCUT2D eigenvalue weighted by Gasteiger charge is -2.20. The molecule has 0 aromatic rings. The number of aliphatic hydroxyl groups is 2. The second kappa shape index (κ2) is 35.1. The summed E-state index contributed by atoms with van der Waals surface area (Å²) in [6, 6.07) is 0. The molecule has 0 heterocycles. The molecule has 13 heteroatoms. The number of phosphoric ester groups is 1. The van der Waals surface area contributed by atoms with E-state index in [-0.39, 0.29) is 50.7 Å². The molecule has 0 radical (unpaired) electrons. The third-order valence-electron chi connectivity index (χ3n) is 9.79. The Morgan fingerprint density at radius 3 is 2.09 bits per heavy atom. The molecule has 1 aliphatic rings. The van der Waals surface area contributed by atoms with Crippen molar-refractivity contribution in [3.8, 4) is 0 Å². The van der Waals surface area contributed by atoms with E-state index in [9.17, 15) is 34.1 Å². The van der Waals surface area contributed by atoms with Gasteiger partial charge in [0.2, 0.25) is 0 Å². The number of esters is 2. The zero-order chi connectivity index (χ0) is 42.7. The van der Waals surface area contributed by atoms with Crippen LogP contribution < -0.4 is 5.73 Å². The molecule has 0 bridgehead atoms. The number of hydrogen-bond donors (Lipinski definition) is 4. The monoisotopic (exact) mass is 838 g/mol. The van der Waals surface area contributed by atoms with Crippen LogP contribution in [0.4, 0.5) is 0 Å². The summed E-state index contributed by atoms with van der Waals surface area (Å²) >= 11 is 0. The fourth-order valence-electron chi connectivity index (χ4n) is 6.53. The van der Waals surface area contributed by atoms with E-state index in [4.69, 9.17) is 24.3 Å². The number of Topliss-reactive ketones (excluding diaryl/α,β-unsaturated/α-hetero) is 1. The predicted molar refractivity (Wildman–Crippen MR) is 230 cm³/mol. The van der Waals surface area contributed by atoms with Gasteiger partial charge in [0.1, 0.15) is 12.4 Å². The number of unbranched alkanes of at least 4 members (excludes halogenated alkanes) is 9. The van der Waals surface area contributed by atoms with E-state index in [1.165, 1.54) is 0 Å². The van der Waals surface area contributed by atoms with Gasteiger partial charge < -0.3 is 30.3 Å². The van der Waals surface area contributed by atoms with Crippen LogP contribution in [0.3, 0.4) is 0 Å². The number of phosphoric acid groups is 1. The van der Waals surface area contributed by atoms with Gasteiger partial charge in [0.05, 0.1) is 25.4 Å². The van der Waals surface area contributed by atoms with Crippen LogP contribution in [0.15, 0.2) is 60.8 Å². The molecule has 0 amide bonds. The van der Waals surface area contributed by atoms with Crippen molar-refractivity contribution in [3.05, 3.63) is 60.8 Å². The molecule has 1 unspecified atom stereocenters. The summed E-state index contributed by atoms with van der Waals surface area (Å²) in [5, 5.41) is 20.7. The molecule has 1 saturated carbocycles. The molecule has 0 aliphatic heterocycles. The number of allylic oxidation sites excluding steroid dienone is 9. The first-order chi connectivity index (χ1) is 28.0. The Hall–Kier alpha value is -2.70. The second-order valence-electron chi connectivity index (χ2n) is 15.0. The number of ether oxygens (including phenoxy) is 2. The van der Waals surface area contributed by atoms with Crippen LogP contribution in [0.25, 0.3) is 0 Å². The molecule has 5 N–H and O–H groups in total. The second-order valence-corrected chi connectivity index (χ2v) is 16.4. The maximum Gasteiger partial charge on any atom is 0.472 e. The highest BCUT2D eigenvalue weighted by molar-refractivity contribution is 7.47. The highest BCUT2D eigenvalue weighted by Crippen LogP contribution is 2.43. The van der Waals surface area contributed by atoms with Gasteiger partial charge in [-0.15, -0.1) is 0 Å². The summed E-state index contributed by atoms with van der Waals surface area (Å²) in [5.74, 6) is -1.60. The molecule has 0 aromatic carbocycles. The number of hydrogen-bond acceptors (Lipinski definition) is 11. The fraction of sp³-hybridized carbons (Fsp3) is 0.711. The van der Waals surface area contributed by atoms with Crippen LogP contribution in [0.2, 0.25) is 0 Å². The van der Waals surface area contributed by atoms with Gasteiger partial charge in [-0.2, -0.15) is 0 Å². The van der Waals surface area contributed by atoms with E-state index in [0.29, 0.717) is 25.7 Å². The average molecular weight is 838 g/mol. The molecule has 6 atom stereocenters. The zero-order valence-electron chi connectivity index (χ0n) is 35.5. The van der Waals surface area contributed by atoms with E-state index in [1.807, 2.05) is 0 Å². The Kier molecular flexibility index (Phi) is 32.3.